The monoisotopic (exact) mass is 479 g/mol. The van der Waals surface area contributed by atoms with Crippen LogP contribution in [0.5, 0.6) is 11.5 Å². The predicted molar refractivity (Wildman–Crippen MR) is 128 cm³/mol. The van der Waals surface area contributed by atoms with Crippen LogP contribution in [0.1, 0.15) is 43.9 Å². The number of ether oxygens (including phenoxy) is 3. The Bertz CT molecular complexity index is 1500. The molecule has 5 heterocycles. The number of pyridine rings is 2. The van der Waals surface area contributed by atoms with Crippen molar-refractivity contribution < 1.29 is 23.7 Å². The lowest BCUT2D eigenvalue weighted by atomic mass is 9.84. The molecule has 35 heavy (non-hydrogen) atoms. The number of rotatable bonds is 3. The second-order valence-electron chi connectivity index (χ2n) is 9.46. The number of nitrogens with one attached hydrogen (secondary N) is 1. The van der Waals surface area contributed by atoms with Crippen LogP contribution in [-0.4, -0.2) is 33.9 Å². The fourth-order valence-corrected chi connectivity index (χ4v) is 5.28. The highest BCUT2D eigenvalue weighted by Gasteiger charge is 2.42. The van der Waals surface area contributed by atoms with E-state index in [0.717, 1.165) is 11.3 Å². The molecule has 0 saturated heterocycles. The van der Waals surface area contributed by atoms with Crippen LogP contribution in [0.15, 0.2) is 29.3 Å². The van der Waals surface area contributed by atoms with Crippen molar-refractivity contribution in [2.75, 3.05) is 18.5 Å². The summed E-state index contributed by atoms with van der Waals surface area (Å²) >= 11 is 0. The Morgan fingerprint density at radius 2 is 1.97 bits per heavy atom. The van der Waals surface area contributed by atoms with E-state index >= 15 is 0 Å². The quantitative estimate of drug-likeness (QED) is 0.462. The van der Waals surface area contributed by atoms with Gasteiger partial charge in [0.2, 0.25) is 0 Å². The van der Waals surface area contributed by atoms with Crippen LogP contribution in [0.3, 0.4) is 0 Å². The van der Waals surface area contributed by atoms with Gasteiger partial charge in [0.1, 0.15) is 31.2 Å². The highest BCUT2D eigenvalue weighted by atomic mass is 19.1. The van der Waals surface area contributed by atoms with Gasteiger partial charge in [-0.1, -0.05) is 13.5 Å². The van der Waals surface area contributed by atoms with Gasteiger partial charge in [0.25, 0.3) is 5.56 Å². The van der Waals surface area contributed by atoms with Crippen molar-refractivity contribution in [3.8, 4) is 22.9 Å². The Morgan fingerprint density at radius 1 is 1.23 bits per heavy atom. The van der Waals surface area contributed by atoms with E-state index in [0.29, 0.717) is 52.2 Å². The van der Waals surface area contributed by atoms with Crippen LogP contribution in [0.4, 0.5) is 10.1 Å². The fraction of sp³-hybridized carbons (Fsp3) is 0.385. The summed E-state index contributed by atoms with van der Waals surface area (Å²) in [7, 11) is 0. The molecule has 8 nitrogen and oxygen atoms in total. The van der Waals surface area contributed by atoms with Gasteiger partial charge in [-0.05, 0) is 26.3 Å². The minimum atomic E-state index is -1.47. The first-order chi connectivity index (χ1) is 16.7. The van der Waals surface area contributed by atoms with Gasteiger partial charge in [0.15, 0.2) is 17.3 Å². The van der Waals surface area contributed by atoms with Crippen molar-refractivity contribution in [1.82, 2.24) is 9.55 Å². The number of halogens is 1. The number of aliphatic hydroxyl groups is 1. The Kier molecular flexibility index (Phi) is 4.67. The largest absolute Gasteiger partial charge is 0.490 e. The summed E-state index contributed by atoms with van der Waals surface area (Å²) in [6.45, 7) is 10.6. The van der Waals surface area contributed by atoms with E-state index in [1.165, 1.54) is 6.07 Å². The van der Waals surface area contributed by atoms with E-state index < -0.39 is 11.4 Å². The first kappa shape index (κ1) is 21.9. The average molecular weight is 480 g/mol. The van der Waals surface area contributed by atoms with Crippen LogP contribution in [0, 0.1) is 5.82 Å². The number of hydrogen-bond acceptors (Lipinski definition) is 7. The number of benzene rings is 1. The van der Waals surface area contributed by atoms with Crippen LogP contribution in [0.2, 0.25) is 0 Å². The Hall–Kier alpha value is -3.59. The van der Waals surface area contributed by atoms with Crippen molar-refractivity contribution in [2.24, 2.45) is 0 Å². The van der Waals surface area contributed by atoms with Gasteiger partial charge in [0, 0.05) is 23.2 Å². The molecule has 3 aromatic rings. The summed E-state index contributed by atoms with van der Waals surface area (Å²) in [6, 6.07) is 3.18. The third kappa shape index (κ3) is 2.94. The van der Waals surface area contributed by atoms with Gasteiger partial charge in [-0.3, -0.25) is 4.79 Å². The summed E-state index contributed by atoms with van der Waals surface area (Å²) in [5.74, 6) is 0.0563. The van der Waals surface area contributed by atoms with Gasteiger partial charge in [0.05, 0.1) is 40.1 Å². The molecule has 9 heteroatoms. The molecular weight excluding hydrogens is 453 g/mol. The van der Waals surface area contributed by atoms with E-state index in [9.17, 15) is 14.3 Å². The molecule has 0 aliphatic carbocycles. The number of anilines is 1. The molecule has 6 rings (SSSR count). The second kappa shape index (κ2) is 7.45. The molecule has 0 bridgehead atoms. The zero-order chi connectivity index (χ0) is 24.6. The molecule has 0 radical (unpaired) electrons. The van der Waals surface area contributed by atoms with Crippen molar-refractivity contribution in [2.45, 2.75) is 52.0 Å². The first-order valence-corrected chi connectivity index (χ1v) is 11.8. The fourth-order valence-electron chi connectivity index (χ4n) is 5.28. The smallest absolute Gasteiger partial charge is 0.258 e. The summed E-state index contributed by atoms with van der Waals surface area (Å²) in [4.78, 5) is 18.4. The maximum absolute atomic E-state index is 14.9. The minimum absolute atomic E-state index is 0.0440. The van der Waals surface area contributed by atoms with Crippen LogP contribution in [0.25, 0.3) is 22.3 Å². The molecule has 1 atom stereocenters. The van der Waals surface area contributed by atoms with Crippen molar-refractivity contribution in [3.05, 3.63) is 57.3 Å². The molecule has 1 aromatic carbocycles. The summed E-state index contributed by atoms with van der Waals surface area (Å²) < 4.78 is 33.6. The predicted octanol–water partition coefficient (Wildman–Crippen LogP) is 3.80. The number of nitrogens with zero attached hydrogens (tertiary/aromatic N) is 2. The van der Waals surface area contributed by atoms with E-state index in [4.69, 9.17) is 19.2 Å². The van der Waals surface area contributed by atoms with Gasteiger partial charge >= 0.3 is 0 Å². The Balaban J connectivity index is 1.67. The standard InChI is InChI=1S/C26H26FN3O5/c1-5-26(32)13(4)35-11-15-16(26)8-19-21-14(10-30(19)25(15)31)22(28-12(2)3)20-18(29-21)9-17(27)23-24(20)34-7-6-33-23/h8-9,12,32H,4-7,10-11H2,1-3H3,(H,28,29)/t26-/m1/s1. The van der Waals surface area contributed by atoms with Gasteiger partial charge in [-0.15, -0.1) is 0 Å². The van der Waals surface area contributed by atoms with Gasteiger partial charge < -0.3 is 29.2 Å². The lowest BCUT2D eigenvalue weighted by Gasteiger charge is -2.35. The molecule has 3 aliphatic heterocycles. The third-order valence-electron chi connectivity index (χ3n) is 7.02. The van der Waals surface area contributed by atoms with Crippen LogP contribution >= 0.6 is 0 Å². The van der Waals surface area contributed by atoms with Gasteiger partial charge in [-0.2, -0.15) is 0 Å². The number of fused-ring (bicyclic) bond motifs is 7. The summed E-state index contributed by atoms with van der Waals surface area (Å²) in [5.41, 5.74) is 2.21. The van der Waals surface area contributed by atoms with Crippen molar-refractivity contribution in [3.63, 3.8) is 0 Å². The lowest BCUT2D eigenvalue weighted by Crippen LogP contribution is -2.38. The number of aromatic nitrogens is 2. The molecule has 3 aliphatic rings. The van der Waals surface area contributed by atoms with E-state index in [1.807, 2.05) is 20.8 Å². The zero-order valence-corrected chi connectivity index (χ0v) is 19.8. The topological polar surface area (TPSA) is 94.8 Å². The molecule has 2 N–H and O–H groups in total. The molecular formula is C26H26FN3O5. The molecule has 0 amide bonds. The maximum atomic E-state index is 14.9. The molecule has 0 saturated carbocycles. The first-order valence-electron chi connectivity index (χ1n) is 11.8. The van der Waals surface area contributed by atoms with Gasteiger partial charge in [-0.25, -0.2) is 9.37 Å². The third-order valence-corrected chi connectivity index (χ3v) is 7.02. The van der Waals surface area contributed by atoms with E-state index in [1.54, 1.807) is 10.6 Å². The molecule has 182 valence electrons. The Labute approximate surface area is 201 Å². The molecule has 0 fully saturated rings. The normalized spacial score (nSPS) is 19.9. The molecule has 0 spiro atoms. The molecule has 0 unspecified atom stereocenters. The van der Waals surface area contributed by atoms with Crippen molar-refractivity contribution in [1.29, 1.82) is 0 Å². The van der Waals surface area contributed by atoms with Crippen LogP contribution < -0.4 is 20.3 Å². The SMILES string of the molecule is C=C1OCc2c(cc3n(c2=O)Cc2c-3nc3cc(F)c4c(c3c2NC(C)C)OCCO4)[C@@]1(O)CC. The Morgan fingerprint density at radius 3 is 2.69 bits per heavy atom. The average Bonchev–Trinajstić information content (AvgIpc) is 3.20. The highest BCUT2D eigenvalue weighted by Crippen LogP contribution is 2.48. The van der Waals surface area contributed by atoms with Crippen molar-refractivity contribution >= 4 is 16.6 Å². The lowest BCUT2D eigenvalue weighted by molar-refractivity contribution is -0.0172. The van der Waals surface area contributed by atoms with Crippen LogP contribution in [-0.2, 0) is 23.5 Å². The summed E-state index contributed by atoms with van der Waals surface area (Å²) in [5, 5.41) is 15.4. The summed E-state index contributed by atoms with van der Waals surface area (Å²) in [6.07, 6.45) is 0.300. The second-order valence-corrected chi connectivity index (χ2v) is 9.46. The number of hydrogen-bond donors (Lipinski definition) is 2. The highest BCUT2D eigenvalue weighted by molar-refractivity contribution is 6.02. The maximum Gasteiger partial charge on any atom is 0.258 e. The van der Waals surface area contributed by atoms with E-state index in [2.05, 4.69) is 11.9 Å². The molecule has 2 aromatic heterocycles. The minimum Gasteiger partial charge on any atom is -0.490 e. The van der Waals surface area contributed by atoms with E-state index in [-0.39, 0.29) is 42.9 Å². The zero-order valence-electron chi connectivity index (χ0n) is 19.8.